The zero-order valence-corrected chi connectivity index (χ0v) is 17.7. The van der Waals surface area contributed by atoms with Crippen LogP contribution in [0.3, 0.4) is 0 Å². The molecule has 0 radical (unpaired) electrons. The van der Waals surface area contributed by atoms with Crippen LogP contribution in [0.5, 0.6) is 0 Å². The lowest BCUT2D eigenvalue weighted by atomic mass is 10.0. The van der Waals surface area contributed by atoms with Crippen molar-refractivity contribution in [1.82, 2.24) is 24.9 Å². The van der Waals surface area contributed by atoms with Gasteiger partial charge in [-0.25, -0.2) is 4.79 Å². The van der Waals surface area contributed by atoms with Gasteiger partial charge in [-0.2, -0.15) is 10.2 Å². The SMILES string of the molecule is Cc1nn(C)cc1[C@@H]1OCC[C@H]1NC(=O)Nc1cnn(CC(C)C)c1C(C)C. The van der Waals surface area contributed by atoms with Gasteiger partial charge < -0.3 is 15.4 Å². The molecule has 8 nitrogen and oxygen atoms in total. The van der Waals surface area contributed by atoms with Crippen LogP contribution in [0.1, 0.15) is 63.1 Å². The number of nitrogens with zero attached hydrogens (tertiary/aromatic N) is 4. The van der Waals surface area contributed by atoms with Crippen molar-refractivity contribution in [1.29, 1.82) is 0 Å². The summed E-state index contributed by atoms with van der Waals surface area (Å²) in [6.07, 6.45) is 4.30. The first kappa shape index (κ1) is 20.4. The summed E-state index contributed by atoms with van der Waals surface area (Å²) in [6.45, 7) is 12.0. The molecule has 0 bridgehead atoms. The smallest absolute Gasteiger partial charge is 0.319 e. The van der Waals surface area contributed by atoms with Crippen LogP contribution < -0.4 is 10.6 Å². The number of urea groups is 1. The molecule has 0 aliphatic carbocycles. The van der Waals surface area contributed by atoms with Gasteiger partial charge in [0.15, 0.2) is 0 Å². The second-order valence-corrected chi connectivity index (χ2v) is 8.30. The van der Waals surface area contributed by atoms with Crippen molar-refractivity contribution in [3.05, 3.63) is 29.3 Å². The summed E-state index contributed by atoms with van der Waals surface area (Å²) < 4.78 is 9.67. The summed E-state index contributed by atoms with van der Waals surface area (Å²) in [5.41, 5.74) is 3.77. The molecule has 1 fully saturated rings. The highest BCUT2D eigenvalue weighted by Crippen LogP contribution is 2.31. The summed E-state index contributed by atoms with van der Waals surface area (Å²) in [5, 5.41) is 14.9. The van der Waals surface area contributed by atoms with E-state index >= 15 is 0 Å². The fourth-order valence-electron chi connectivity index (χ4n) is 3.86. The van der Waals surface area contributed by atoms with Crippen molar-refractivity contribution in [2.75, 3.05) is 11.9 Å². The van der Waals surface area contributed by atoms with Crippen LogP contribution in [0, 0.1) is 12.8 Å². The zero-order chi connectivity index (χ0) is 20.4. The third-order valence-corrected chi connectivity index (χ3v) is 4.98. The van der Waals surface area contributed by atoms with Gasteiger partial charge in [-0.1, -0.05) is 27.7 Å². The van der Waals surface area contributed by atoms with Crippen LogP contribution in [0.15, 0.2) is 12.4 Å². The molecule has 2 amide bonds. The number of hydrogen-bond acceptors (Lipinski definition) is 4. The van der Waals surface area contributed by atoms with E-state index < -0.39 is 0 Å². The fourth-order valence-corrected chi connectivity index (χ4v) is 3.86. The van der Waals surface area contributed by atoms with E-state index in [2.05, 4.69) is 48.5 Å². The van der Waals surface area contributed by atoms with Crippen molar-refractivity contribution in [3.8, 4) is 0 Å². The molecular weight excluding hydrogens is 356 g/mol. The number of nitrogens with one attached hydrogen (secondary N) is 2. The monoisotopic (exact) mass is 388 g/mol. The number of carbonyl (C=O) groups excluding carboxylic acids is 1. The van der Waals surface area contributed by atoms with Crippen molar-refractivity contribution >= 4 is 11.7 Å². The number of anilines is 1. The zero-order valence-electron chi connectivity index (χ0n) is 17.7. The van der Waals surface area contributed by atoms with E-state index in [1.54, 1.807) is 10.9 Å². The lowest BCUT2D eigenvalue weighted by Gasteiger charge is -2.20. The van der Waals surface area contributed by atoms with Gasteiger partial charge in [0.1, 0.15) is 6.10 Å². The molecule has 1 aliphatic rings. The van der Waals surface area contributed by atoms with Crippen molar-refractivity contribution < 1.29 is 9.53 Å². The van der Waals surface area contributed by atoms with Gasteiger partial charge in [-0.3, -0.25) is 9.36 Å². The Morgan fingerprint density at radius 1 is 1.36 bits per heavy atom. The normalized spacial score (nSPS) is 19.6. The van der Waals surface area contributed by atoms with E-state index in [0.717, 1.165) is 35.6 Å². The topological polar surface area (TPSA) is 86.0 Å². The highest BCUT2D eigenvalue weighted by molar-refractivity contribution is 5.90. The Morgan fingerprint density at radius 3 is 2.71 bits per heavy atom. The first-order valence-corrected chi connectivity index (χ1v) is 10.0. The Morgan fingerprint density at radius 2 is 2.11 bits per heavy atom. The van der Waals surface area contributed by atoms with E-state index in [-0.39, 0.29) is 24.1 Å². The van der Waals surface area contributed by atoms with Gasteiger partial charge in [0.05, 0.1) is 29.3 Å². The highest BCUT2D eigenvalue weighted by Gasteiger charge is 2.33. The summed E-state index contributed by atoms with van der Waals surface area (Å²) in [5.74, 6) is 0.746. The van der Waals surface area contributed by atoms with Crippen LogP contribution in [0.4, 0.5) is 10.5 Å². The van der Waals surface area contributed by atoms with E-state index in [4.69, 9.17) is 4.74 Å². The third-order valence-electron chi connectivity index (χ3n) is 4.98. The summed E-state index contributed by atoms with van der Waals surface area (Å²) >= 11 is 0. The maximum atomic E-state index is 12.7. The second-order valence-electron chi connectivity index (χ2n) is 8.30. The number of aryl methyl sites for hydroxylation is 2. The lowest BCUT2D eigenvalue weighted by Crippen LogP contribution is -2.39. The first-order valence-electron chi connectivity index (χ1n) is 10.0. The van der Waals surface area contributed by atoms with E-state index in [1.807, 2.05) is 24.9 Å². The number of hydrogen-bond donors (Lipinski definition) is 2. The number of amides is 2. The van der Waals surface area contributed by atoms with Gasteiger partial charge in [0.25, 0.3) is 0 Å². The molecule has 1 saturated heterocycles. The molecule has 2 aromatic heterocycles. The van der Waals surface area contributed by atoms with Gasteiger partial charge in [-0.05, 0) is 25.2 Å². The molecular formula is C20H32N6O2. The Labute approximate surface area is 166 Å². The molecule has 8 heteroatoms. The minimum atomic E-state index is -0.229. The molecule has 1 aliphatic heterocycles. The first-order chi connectivity index (χ1) is 13.3. The van der Waals surface area contributed by atoms with Crippen LogP contribution >= 0.6 is 0 Å². The molecule has 3 rings (SSSR count). The number of aromatic nitrogens is 4. The van der Waals surface area contributed by atoms with Crippen molar-refractivity contribution in [2.45, 2.75) is 65.6 Å². The minimum absolute atomic E-state index is 0.0869. The predicted molar refractivity (Wildman–Crippen MR) is 108 cm³/mol. The van der Waals surface area contributed by atoms with Crippen LogP contribution in [0.2, 0.25) is 0 Å². The Bertz CT molecular complexity index is 823. The Kier molecular flexibility index (Phi) is 6.07. The molecule has 0 aromatic carbocycles. The second kappa shape index (κ2) is 8.34. The molecule has 3 heterocycles. The number of carbonyl (C=O) groups is 1. The Hall–Kier alpha value is -2.35. The average Bonchev–Trinajstić information content (AvgIpc) is 3.26. The number of ether oxygens (including phenoxy) is 1. The van der Waals surface area contributed by atoms with Crippen molar-refractivity contribution in [2.24, 2.45) is 13.0 Å². The maximum Gasteiger partial charge on any atom is 0.319 e. The van der Waals surface area contributed by atoms with Gasteiger partial charge in [-0.15, -0.1) is 0 Å². The van der Waals surface area contributed by atoms with E-state index in [9.17, 15) is 4.79 Å². The van der Waals surface area contributed by atoms with Gasteiger partial charge in [0, 0.05) is 32.0 Å². The Balaban J connectivity index is 1.70. The van der Waals surface area contributed by atoms with Gasteiger partial charge >= 0.3 is 6.03 Å². The maximum absolute atomic E-state index is 12.7. The average molecular weight is 389 g/mol. The largest absolute Gasteiger partial charge is 0.371 e. The van der Waals surface area contributed by atoms with Gasteiger partial charge in [0.2, 0.25) is 0 Å². The van der Waals surface area contributed by atoms with Crippen LogP contribution in [0.25, 0.3) is 0 Å². The summed E-state index contributed by atoms with van der Waals surface area (Å²) in [7, 11) is 1.89. The summed E-state index contributed by atoms with van der Waals surface area (Å²) in [4.78, 5) is 12.7. The lowest BCUT2D eigenvalue weighted by molar-refractivity contribution is 0.0998. The molecule has 2 aromatic rings. The molecule has 28 heavy (non-hydrogen) atoms. The molecule has 2 N–H and O–H groups in total. The van der Waals surface area contributed by atoms with Crippen LogP contribution in [-0.4, -0.2) is 38.2 Å². The molecule has 0 saturated carbocycles. The van der Waals surface area contributed by atoms with Crippen LogP contribution in [-0.2, 0) is 18.3 Å². The summed E-state index contributed by atoms with van der Waals surface area (Å²) in [6, 6.07) is -0.316. The standard InChI is InChI=1S/C20H32N6O2/c1-12(2)10-26-18(13(3)4)17(9-21-26)23-20(27)22-16-7-8-28-19(16)15-11-25(6)24-14(15)5/h9,11-13,16,19H,7-8,10H2,1-6H3,(H2,22,23,27)/t16-,19+/m1/s1. The highest BCUT2D eigenvalue weighted by atomic mass is 16.5. The van der Waals surface area contributed by atoms with Crippen molar-refractivity contribution in [3.63, 3.8) is 0 Å². The fraction of sp³-hybridized carbons (Fsp3) is 0.650. The predicted octanol–water partition coefficient (Wildman–Crippen LogP) is 3.36. The molecule has 0 unspecified atom stereocenters. The molecule has 0 spiro atoms. The molecule has 154 valence electrons. The quantitative estimate of drug-likeness (QED) is 0.794. The van der Waals surface area contributed by atoms with E-state index in [0.29, 0.717) is 12.5 Å². The molecule has 2 atom stereocenters. The number of rotatable bonds is 6. The van der Waals surface area contributed by atoms with E-state index in [1.165, 1.54) is 0 Å². The minimum Gasteiger partial charge on any atom is -0.371 e. The third kappa shape index (κ3) is 4.38.